The highest BCUT2D eigenvalue weighted by Gasteiger charge is 2.37. The van der Waals surface area contributed by atoms with E-state index in [4.69, 9.17) is 9.47 Å². The van der Waals surface area contributed by atoms with E-state index in [-0.39, 0.29) is 42.3 Å². The van der Waals surface area contributed by atoms with Crippen molar-refractivity contribution in [1.29, 1.82) is 0 Å². The first-order chi connectivity index (χ1) is 19.8. The number of esters is 2. The molecule has 42 heavy (non-hydrogen) atoms. The second-order valence-electron chi connectivity index (χ2n) is 11.3. The molecular formula is C30H39F2N3O6S. The standard InChI is InChI=1S/C30H39F2N3O6S/c1-16(2)25(35(5)29(38)20-7-8-20)14-26(41-18(4)36)28-34-24(15-42-28)27(37)33-23(9-17(3)30(39)40-6)12-19-10-21(31)13-22(32)11-19/h10-11,13,15-17,20,23,25-26H,7-9,12,14H2,1-6H3,(H,33,37)/t17?,23-,25?,26?/m1/s1. The van der Waals surface area contributed by atoms with E-state index in [1.807, 2.05) is 13.8 Å². The molecule has 2 amide bonds. The van der Waals surface area contributed by atoms with Gasteiger partial charge in [0, 0.05) is 49.8 Å². The Kier molecular flexibility index (Phi) is 11.6. The number of rotatable bonds is 14. The van der Waals surface area contributed by atoms with Gasteiger partial charge in [0.25, 0.3) is 5.91 Å². The average molecular weight is 608 g/mol. The van der Waals surface area contributed by atoms with E-state index in [1.165, 1.54) is 31.5 Å². The number of amides is 2. The zero-order chi connectivity index (χ0) is 31.1. The van der Waals surface area contributed by atoms with Gasteiger partial charge in [-0.15, -0.1) is 11.3 Å². The maximum Gasteiger partial charge on any atom is 0.308 e. The van der Waals surface area contributed by atoms with Gasteiger partial charge >= 0.3 is 11.9 Å². The fourth-order valence-corrected chi connectivity index (χ4v) is 5.85. The summed E-state index contributed by atoms with van der Waals surface area (Å²) in [7, 11) is 3.02. The molecule has 1 N–H and O–H groups in total. The van der Waals surface area contributed by atoms with Crippen molar-refractivity contribution in [1.82, 2.24) is 15.2 Å². The average Bonchev–Trinajstić information content (AvgIpc) is 3.64. The van der Waals surface area contributed by atoms with Gasteiger partial charge in [-0.25, -0.2) is 13.8 Å². The van der Waals surface area contributed by atoms with Crippen LogP contribution < -0.4 is 5.32 Å². The molecule has 1 aromatic carbocycles. The summed E-state index contributed by atoms with van der Waals surface area (Å²) in [6, 6.07) is 2.21. The van der Waals surface area contributed by atoms with Crippen LogP contribution in [0.4, 0.5) is 8.78 Å². The van der Waals surface area contributed by atoms with Crippen molar-refractivity contribution >= 4 is 35.1 Å². The molecule has 0 bridgehead atoms. The van der Waals surface area contributed by atoms with Crippen LogP contribution in [0, 0.1) is 29.4 Å². The zero-order valence-corrected chi connectivity index (χ0v) is 25.6. The van der Waals surface area contributed by atoms with Crippen molar-refractivity contribution in [2.45, 2.75) is 78.0 Å². The van der Waals surface area contributed by atoms with Gasteiger partial charge in [-0.2, -0.15) is 0 Å². The predicted octanol–water partition coefficient (Wildman–Crippen LogP) is 4.85. The van der Waals surface area contributed by atoms with Crippen molar-refractivity contribution in [2.24, 2.45) is 17.8 Å². The largest absolute Gasteiger partial charge is 0.469 e. The van der Waals surface area contributed by atoms with Crippen LogP contribution in [0.2, 0.25) is 0 Å². The van der Waals surface area contributed by atoms with E-state index in [2.05, 4.69) is 10.3 Å². The molecule has 1 aliphatic carbocycles. The molecule has 1 saturated carbocycles. The molecule has 0 spiro atoms. The zero-order valence-electron chi connectivity index (χ0n) is 24.8. The minimum atomic E-state index is -0.777. The van der Waals surface area contributed by atoms with E-state index in [1.54, 1.807) is 18.9 Å². The molecule has 0 saturated heterocycles. The lowest BCUT2D eigenvalue weighted by Crippen LogP contribution is -2.42. The number of methoxy groups -OCH3 is 1. The number of aromatic nitrogens is 1. The predicted molar refractivity (Wildman–Crippen MR) is 152 cm³/mol. The Morgan fingerprint density at radius 2 is 1.74 bits per heavy atom. The molecule has 3 rings (SSSR count). The Bertz CT molecular complexity index is 1260. The molecule has 0 radical (unpaired) electrons. The van der Waals surface area contributed by atoms with Crippen LogP contribution in [-0.4, -0.2) is 59.9 Å². The fraction of sp³-hybridized carbons (Fsp3) is 0.567. The summed E-state index contributed by atoms with van der Waals surface area (Å²) in [5.74, 6) is -3.47. The number of nitrogens with zero attached hydrogens (tertiary/aromatic N) is 2. The Morgan fingerprint density at radius 1 is 1.10 bits per heavy atom. The highest BCUT2D eigenvalue weighted by Crippen LogP contribution is 2.35. The normalized spacial score (nSPS) is 15.8. The van der Waals surface area contributed by atoms with Crippen LogP contribution in [0.3, 0.4) is 0 Å². The van der Waals surface area contributed by atoms with Crippen LogP contribution in [0.25, 0.3) is 0 Å². The Labute approximate surface area is 249 Å². The summed E-state index contributed by atoms with van der Waals surface area (Å²) in [6.07, 6.45) is 1.50. The fourth-order valence-electron chi connectivity index (χ4n) is 5.01. The van der Waals surface area contributed by atoms with Gasteiger partial charge in [0.05, 0.1) is 13.0 Å². The van der Waals surface area contributed by atoms with Gasteiger partial charge in [-0.1, -0.05) is 20.8 Å². The van der Waals surface area contributed by atoms with Gasteiger partial charge < -0.3 is 19.7 Å². The molecule has 2 aromatic rings. The van der Waals surface area contributed by atoms with Crippen LogP contribution in [0.1, 0.15) is 80.5 Å². The van der Waals surface area contributed by atoms with Crippen LogP contribution >= 0.6 is 11.3 Å². The topological polar surface area (TPSA) is 115 Å². The highest BCUT2D eigenvalue weighted by atomic mass is 32.1. The number of nitrogens with one attached hydrogen (secondary N) is 1. The summed E-state index contributed by atoms with van der Waals surface area (Å²) < 4.78 is 38.1. The Balaban J connectivity index is 1.80. The third-order valence-electron chi connectivity index (χ3n) is 7.32. The molecule has 12 heteroatoms. The van der Waals surface area contributed by atoms with Gasteiger partial charge in [0.2, 0.25) is 5.91 Å². The lowest BCUT2D eigenvalue weighted by molar-refractivity contribution is -0.148. The van der Waals surface area contributed by atoms with E-state index in [9.17, 15) is 28.0 Å². The smallest absolute Gasteiger partial charge is 0.308 e. The molecule has 1 heterocycles. The van der Waals surface area contributed by atoms with E-state index < -0.39 is 47.5 Å². The van der Waals surface area contributed by atoms with Gasteiger partial charge in [-0.3, -0.25) is 19.2 Å². The second-order valence-corrected chi connectivity index (χ2v) is 12.1. The van der Waals surface area contributed by atoms with E-state index >= 15 is 0 Å². The number of hydrogen-bond donors (Lipinski definition) is 1. The SMILES string of the molecule is COC(=O)C(C)C[C@H](Cc1cc(F)cc(F)c1)NC(=O)c1csc(C(CC(C(C)C)N(C)C(=O)C2CC2)OC(C)=O)n1. The number of halogens is 2. The maximum absolute atomic E-state index is 13.8. The summed E-state index contributed by atoms with van der Waals surface area (Å²) in [5, 5.41) is 4.76. The molecule has 4 atom stereocenters. The monoisotopic (exact) mass is 607 g/mol. The molecule has 1 aliphatic rings. The van der Waals surface area contributed by atoms with Crippen molar-refractivity contribution in [3.05, 3.63) is 51.5 Å². The molecule has 3 unspecified atom stereocenters. The maximum atomic E-state index is 13.8. The number of carbonyl (C=O) groups excluding carboxylic acids is 4. The molecule has 1 fully saturated rings. The molecule has 1 aromatic heterocycles. The summed E-state index contributed by atoms with van der Waals surface area (Å²) >= 11 is 1.15. The van der Waals surface area contributed by atoms with Crippen molar-refractivity contribution in [3.63, 3.8) is 0 Å². The lowest BCUT2D eigenvalue weighted by atomic mass is 9.95. The number of carbonyl (C=O) groups is 4. The minimum Gasteiger partial charge on any atom is -0.469 e. The van der Waals surface area contributed by atoms with Gasteiger partial charge in [0.1, 0.15) is 22.3 Å². The van der Waals surface area contributed by atoms with Crippen molar-refractivity contribution in [3.8, 4) is 0 Å². The quantitative estimate of drug-likeness (QED) is 0.306. The summed E-state index contributed by atoms with van der Waals surface area (Å²) in [5.41, 5.74) is 0.380. The number of ether oxygens (including phenoxy) is 2. The summed E-state index contributed by atoms with van der Waals surface area (Å²) in [4.78, 5) is 56.3. The highest BCUT2D eigenvalue weighted by molar-refractivity contribution is 7.09. The van der Waals surface area contributed by atoms with Crippen LogP contribution in [0.15, 0.2) is 23.6 Å². The second kappa shape index (κ2) is 14.7. The third-order valence-corrected chi connectivity index (χ3v) is 8.25. The van der Waals surface area contributed by atoms with Crippen molar-refractivity contribution < 1.29 is 37.4 Å². The first kappa shape index (κ1) is 33.1. The molecule has 9 nitrogen and oxygen atoms in total. The molecular weight excluding hydrogens is 568 g/mol. The van der Waals surface area contributed by atoms with E-state index in [0.717, 1.165) is 30.2 Å². The summed E-state index contributed by atoms with van der Waals surface area (Å²) in [6.45, 7) is 6.91. The first-order valence-corrected chi connectivity index (χ1v) is 14.9. The van der Waals surface area contributed by atoms with Gasteiger partial charge in [-0.05, 0) is 49.3 Å². The first-order valence-electron chi connectivity index (χ1n) is 14.0. The Hall–Kier alpha value is -3.41. The van der Waals surface area contributed by atoms with E-state index in [0.29, 0.717) is 17.0 Å². The van der Waals surface area contributed by atoms with Crippen LogP contribution in [0.5, 0.6) is 0 Å². The minimum absolute atomic E-state index is 0.0392. The Morgan fingerprint density at radius 3 is 2.29 bits per heavy atom. The molecule has 230 valence electrons. The molecule has 0 aliphatic heterocycles. The number of benzene rings is 1. The van der Waals surface area contributed by atoms with Crippen LogP contribution in [-0.2, 0) is 30.3 Å². The number of hydrogen-bond acceptors (Lipinski definition) is 8. The lowest BCUT2D eigenvalue weighted by Gasteiger charge is -2.33. The third kappa shape index (κ3) is 9.30. The number of thiazole rings is 1. The van der Waals surface area contributed by atoms with Crippen molar-refractivity contribution in [2.75, 3.05) is 14.2 Å². The van der Waals surface area contributed by atoms with Gasteiger partial charge in [0.15, 0.2) is 6.10 Å².